The lowest BCUT2D eigenvalue weighted by molar-refractivity contribution is 0.482. The molecule has 6 heteroatoms. The van der Waals surface area contributed by atoms with Crippen LogP contribution in [0.2, 0.25) is 0 Å². The predicted molar refractivity (Wildman–Crippen MR) is 74.9 cm³/mol. The molecule has 0 atom stereocenters. The summed E-state index contributed by atoms with van der Waals surface area (Å²) < 4.78 is 28.2. The van der Waals surface area contributed by atoms with Gasteiger partial charge in [-0.05, 0) is 36.4 Å². The monoisotopic (exact) mass is 278 g/mol. The number of nitrogens with two attached hydrogens (primary N) is 2. The van der Waals surface area contributed by atoms with E-state index < -0.39 is 9.84 Å². The molecule has 0 aliphatic heterocycles. The first-order valence-corrected chi connectivity index (χ1v) is 7.38. The summed E-state index contributed by atoms with van der Waals surface area (Å²) >= 11 is 0. The average Bonchev–Trinajstić information content (AvgIpc) is 2.33. The van der Waals surface area contributed by atoms with Crippen LogP contribution in [0.1, 0.15) is 0 Å². The van der Waals surface area contributed by atoms with Gasteiger partial charge < -0.3 is 16.2 Å². The van der Waals surface area contributed by atoms with Gasteiger partial charge in [0.1, 0.15) is 11.5 Å². The van der Waals surface area contributed by atoms with E-state index >= 15 is 0 Å². The topological polar surface area (TPSA) is 95.4 Å². The molecule has 0 fully saturated rings. The Bertz CT molecular complexity index is 694. The first kappa shape index (κ1) is 13.2. The third kappa shape index (κ3) is 3.17. The fourth-order valence-electron chi connectivity index (χ4n) is 1.51. The summed E-state index contributed by atoms with van der Waals surface area (Å²) in [6.07, 6.45) is 1.16. The fourth-order valence-corrected chi connectivity index (χ4v) is 2.14. The molecule has 0 unspecified atom stereocenters. The van der Waals surface area contributed by atoms with Crippen molar-refractivity contribution in [3.63, 3.8) is 0 Å². The number of hydrogen-bond donors (Lipinski definition) is 2. The highest BCUT2D eigenvalue weighted by Gasteiger charge is 2.07. The molecule has 0 amide bonds. The van der Waals surface area contributed by atoms with Crippen LogP contribution in [0.25, 0.3) is 0 Å². The third-order valence-electron chi connectivity index (χ3n) is 2.55. The van der Waals surface area contributed by atoms with E-state index in [2.05, 4.69) is 0 Å². The number of sulfone groups is 1. The maximum Gasteiger partial charge on any atom is 0.175 e. The van der Waals surface area contributed by atoms with E-state index in [1.54, 1.807) is 30.3 Å². The van der Waals surface area contributed by atoms with E-state index in [-0.39, 0.29) is 4.90 Å². The molecule has 0 aliphatic rings. The van der Waals surface area contributed by atoms with Gasteiger partial charge in [-0.3, -0.25) is 0 Å². The third-order valence-corrected chi connectivity index (χ3v) is 3.67. The largest absolute Gasteiger partial charge is 0.457 e. The van der Waals surface area contributed by atoms with Gasteiger partial charge in [0.25, 0.3) is 0 Å². The molecule has 2 aromatic rings. The Labute approximate surface area is 111 Å². The molecule has 0 saturated heterocycles. The van der Waals surface area contributed by atoms with Gasteiger partial charge in [-0.15, -0.1) is 0 Å². The zero-order chi connectivity index (χ0) is 14.0. The van der Waals surface area contributed by atoms with Crippen molar-refractivity contribution in [3.8, 4) is 11.5 Å². The molecule has 0 heterocycles. The summed E-state index contributed by atoms with van der Waals surface area (Å²) in [6.45, 7) is 0. The molecule has 19 heavy (non-hydrogen) atoms. The molecular formula is C13H14N2O3S. The van der Waals surface area contributed by atoms with Crippen molar-refractivity contribution in [3.05, 3.63) is 42.5 Å². The molecule has 2 aromatic carbocycles. The van der Waals surface area contributed by atoms with E-state index in [0.29, 0.717) is 22.9 Å². The fraction of sp³-hybridized carbons (Fsp3) is 0.0769. The first-order chi connectivity index (χ1) is 8.86. The lowest BCUT2D eigenvalue weighted by atomic mass is 10.2. The average molecular weight is 278 g/mol. The van der Waals surface area contributed by atoms with Crippen LogP contribution >= 0.6 is 0 Å². The summed E-state index contributed by atoms with van der Waals surface area (Å²) in [4.78, 5) is 0.247. The summed E-state index contributed by atoms with van der Waals surface area (Å²) in [7, 11) is -3.20. The highest BCUT2D eigenvalue weighted by atomic mass is 32.2. The van der Waals surface area contributed by atoms with Gasteiger partial charge in [0.05, 0.1) is 16.3 Å². The Morgan fingerprint density at radius 1 is 0.895 bits per heavy atom. The van der Waals surface area contributed by atoms with Crippen LogP contribution in [0, 0.1) is 0 Å². The van der Waals surface area contributed by atoms with E-state index in [9.17, 15) is 8.42 Å². The van der Waals surface area contributed by atoms with Crippen LogP contribution in [0.3, 0.4) is 0 Å². The van der Waals surface area contributed by atoms with Crippen molar-refractivity contribution in [2.45, 2.75) is 4.90 Å². The summed E-state index contributed by atoms with van der Waals surface area (Å²) in [6, 6.07) is 11.1. The molecule has 0 saturated carbocycles. The second-order valence-electron chi connectivity index (χ2n) is 4.14. The Hall–Kier alpha value is -2.21. The van der Waals surface area contributed by atoms with Crippen molar-refractivity contribution in [1.82, 2.24) is 0 Å². The van der Waals surface area contributed by atoms with Crippen molar-refractivity contribution >= 4 is 21.2 Å². The van der Waals surface area contributed by atoms with Gasteiger partial charge in [-0.1, -0.05) is 0 Å². The minimum absolute atomic E-state index is 0.247. The highest BCUT2D eigenvalue weighted by molar-refractivity contribution is 7.90. The van der Waals surface area contributed by atoms with Gasteiger partial charge in [-0.25, -0.2) is 8.42 Å². The first-order valence-electron chi connectivity index (χ1n) is 5.49. The standard InChI is InChI=1S/C13H14N2O3S/c1-19(16,17)11-5-2-9(3-6-11)18-10-4-7-12(14)13(15)8-10/h2-8H,14-15H2,1H3. The minimum Gasteiger partial charge on any atom is -0.457 e. The van der Waals surface area contributed by atoms with E-state index in [4.69, 9.17) is 16.2 Å². The quantitative estimate of drug-likeness (QED) is 0.838. The molecule has 0 radical (unpaired) electrons. The SMILES string of the molecule is CS(=O)(=O)c1ccc(Oc2ccc(N)c(N)c2)cc1. The molecule has 100 valence electrons. The normalized spacial score (nSPS) is 11.2. The molecule has 0 aromatic heterocycles. The highest BCUT2D eigenvalue weighted by Crippen LogP contribution is 2.27. The van der Waals surface area contributed by atoms with Crippen LogP contribution < -0.4 is 16.2 Å². The molecule has 0 aliphatic carbocycles. The maximum atomic E-state index is 11.3. The molecule has 4 N–H and O–H groups in total. The molecule has 5 nitrogen and oxygen atoms in total. The van der Waals surface area contributed by atoms with Gasteiger partial charge >= 0.3 is 0 Å². The second-order valence-corrected chi connectivity index (χ2v) is 6.15. The lowest BCUT2D eigenvalue weighted by Gasteiger charge is -2.08. The van der Waals surface area contributed by atoms with Gasteiger partial charge in [0, 0.05) is 12.3 Å². The predicted octanol–water partition coefficient (Wildman–Crippen LogP) is 2.05. The minimum atomic E-state index is -3.20. The number of nitrogen functional groups attached to an aromatic ring is 2. The van der Waals surface area contributed by atoms with Crippen LogP contribution in [0.5, 0.6) is 11.5 Å². The maximum absolute atomic E-state index is 11.3. The Kier molecular flexibility index (Phi) is 3.35. The van der Waals surface area contributed by atoms with Gasteiger partial charge in [0.15, 0.2) is 9.84 Å². The van der Waals surface area contributed by atoms with E-state index in [1.807, 2.05) is 0 Å². The molecule has 0 spiro atoms. The van der Waals surface area contributed by atoms with Crippen LogP contribution in [0.4, 0.5) is 11.4 Å². The van der Waals surface area contributed by atoms with Crippen molar-refractivity contribution in [2.24, 2.45) is 0 Å². The Balaban J connectivity index is 2.22. The molecule has 0 bridgehead atoms. The lowest BCUT2D eigenvalue weighted by Crippen LogP contribution is -1.97. The van der Waals surface area contributed by atoms with E-state index in [1.165, 1.54) is 12.1 Å². The Morgan fingerprint density at radius 3 is 2.00 bits per heavy atom. The van der Waals surface area contributed by atoms with Crippen LogP contribution in [-0.2, 0) is 9.84 Å². The number of benzene rings is 2. The number of ether oxygens (including phenoxy) is 1. The number of hydrogen-bond acceptors (Lipinski definition) is 5. The van der Waals surface area contributed by atoms with E-state index in [0.717, 1.165) is 6.26 Å². The van der Waals surface area contributed by atoms with Crippen molar-refractivity contribution < 1.29 is 13.2 Å². The van der Waals surface area contributed by atoms with Gasteiger partial charge in [0.2, 0.25) is 0 Å². The number of anilines is 2. The Morgan fingerprint density at radius 2 is 1.47 bits per heavy atom. The molecule has 2 rings (SSSR count). The van der Waals surface area contributed by atoms with Crippen molar-refractivity contribution in [1.29, 1.82) is 0 Å². The van der Waals surface area contributed by atoms with Crippen molar-refractivity contribution in [2.75, 3.05) is 17.7 Å². The van der Waals surface area contributed by atoms with Gasteiger partial charge in [-0.2, -0.15) is 0 Å². The summed E-state index contributed by atoms with van der Waals surface area (Å²) in [5, 5.41) is 0. The summed E-state index contributed by atoms with van der Waals surface area (Å²) in [5.41, 5.74) is 12.2. The zero-order valence-corrected chi connectivity index (χ0v) is 11.1. The second kappa shape index (κ2) is 4.81. The smallest absolute Gasteiger partial charge is 0.175 e. The number of rotatable bonds is 3. The van der Waals surface area contributed by atoms with Crippen LogP contribution in [0.15, 0.2) is 47.4 Å². The molecular weight excluding hydrogens is 264 g/mol. The summed E-state index contributed by atoms with van der Waals surface area (Å²) in [5.74, 6) is 1.07. The van der Waals surface area contributed by atoms with Crippen LogP contribution in [-0.4, -0.2) is 14.7 Å². The zero-order valence-electron chi connectivity index (χ0n) is 10.3.